The van der Waals surface area contributed by atoms with Crippen molar-refractivity contribution in [3.05, 3.63) is 95.8 Å². The van der Waals surface area contributed by atoms with Crippen LogP contribution in [0.1, 0.15) is 23.7 Å². The minimum absolute atomic E-state index is 0.0957. The summed E-state index contributed by atoms with van der Waals surface area (Å²) >= 11 is 0. The minimum Gasteiger partial charge on any atom is -0.490 e. The minimum atomic E-state index is -1.56. The summed E-state index contributed by atoms with van der Waals surface area (Å²) in [6.07, 6.45) is 2.45. The maximum atomic E-state index is 11.2. The van der Waals surface area contributed by atoms with Crippen LogP contribution in [-0.4, -0.2) is 54.0 Å². The first kappa shape index (κ1) is 24.4. The Labute approximate surface area is 204 Å². The molecule has 1 fully saturated rings. The van der Waals surface area contributed by atoms with Crippen LogP contribution in [0.3, 0.4) is 0 Å². The summed E-state index contributed by atoms with van der Waals surface area (Å²) in [7, 11) is 0. The molecule has 8 nitrogen and oxygen atoms in total. The van der Waals surface area contributed by atoms with Gasteiger partial charge in [0.05, 0.1) is 18.9 Å². The number of oxime groups is 1. The Morgan fingerprint density at radius 1 is 1.03 bits per heavy atom. The normalized spacial score (nSPS) is 20.3. The summed E-state index contributed by atoms with van der Waals surface area (Å²) < 4.78 is 16.6. The molecule has 1 aliphatic rings. The van der Waals surface area contributed by atoms with Gasteiger partial charge in [-0.3, -0.25) is 4.98 Å². The number of carbonyl (C=O) groups is 1. The monoisotopic (exact) mass is 476 g/mol. The number of ether oxygens (including phenoxy) is 3. The fourth-order valence-electron chi connectivity index (χ4n) is 3.59. The molecule has 0 unspecified atom stereocenters. The van der Waals surface area contributed by atoms with Crippen LogP contribution in [0.25, 0.3) is 0 Å². The molecule has 0 saturated carbocycles. The van der Waals surface area contributed by atoms with Crippen molar-refractivity contribution < 1.29 is 28.9 Å². The van der Waals surface area contributed by atoms with Crippen molar-refractivity contribution in [3.8, 4) is 5.75 Å². The van der Waals surface area contributed by atoms with E-state index in [0.29, 0.717) is 25.5 Å². The number of nitrogens with zero attached hydrogens (tertiary/aromatic N) is 2. The van der Waals surface area contributed by atoms with Gasteiger partial charge in [-0.05, 0) is 36.2 Å². The molecule has 8 heteroatoms. The maximum Gasteiger partial charge on any atom is 0.364 e. The molecule has 1 N–H and O–H groups in total. The Morgan fingerprint density at radius 2 is 1.74 bits per heavy atom. The Morgan fingerprint density at radius 3 is 2.40 bits per heavy atom. The molecule has 2 heterocycles. The largest absolute Gasteiger partial charge is 0.490 e. The van der Waals surface area contributed by atoms with Gasteiger partial charge in [-0.15, -0.1) is 0 Å². The topological polar surface area (TPSA) is 99.5 Å². The van der Waals surface area contributed by atoms with Gasteiger partial charge in [0.1, 0.15) is 18.1 Å². The van der Waals surface area contributed by atoms with Gasteiger partial charge in [-0.25, -0.2) is 4.79 Å². The predicted octanol–water partition coefficient (Wildman–Crippen LogP) is 3.94. The lowest BCUT2D eigenvalue weighted by Gasteiger charge is -2.34. The zero-order valence-electron chi connectivity index (χ0n) is 19.5. The van der Waals surface area contributed by atoms with Gasteiger partial charge < -0.3 is 24.2 Å². The number of carboxylic acid groups (broad SMARTS) is 1. The van der Waals surface area contributed by atoms with Gasteiger partial charge in [-0.1, -0.05) is 53.7 Å². The van der Waals surface area contributed by atoms with Crippen LogP contribution in [-0.2, 0) is 25.5 Å². The lowest BCUT2D eigenvalue weighted by molar-refractivity contribution is -0.270. The zero-order chi connectivity index (χ0) is 24.5. The molecule has 0 atom stereocenters. The smallest absolute Gasteiger partial charge is 0.364 e. The van der Waals surface area contributed by atoms with E-state index in [1.54, 1.807) is 6.20 Å². The Hall–Kier alpha value is -3.75. The van der Waals surface area contributed by atoms with Gasteiger partial charge in [-0.2, -0.15) is 0 Å². The molecular formula is C27H28N2O6. The van der Waals surface area contributed by atoms with E-state index < -0.39 is 11.8 Å². The Kier molecular flexibility index (Phi) is 8.07. The van der Waals surface area contributed by atoms with Crippen molar-refractivity contribution in [2.24, 2.45) is 11.1 Å². The number of hydrogen-bond donors (Lipinski definition) is 1. The van der Waals surface area contributed by atoms with Crippen LogP contribution in [0.15, 0.2) is 84.1 Å². The van der Waals surface area contributed by atoms with Crippen LogP contribution in [0.5, 0.6) is 5.75 Å². The van der Waals surface area contributed by atoms with Crippen LogP contribution in [0.4, 0.5) is 0 Å². The van der Waals surface area contributed by atoms with Gasteiger partial charge in [0.2, 0.25) is 0 Å². The predicted molar refractivity (Wildman–Crippen MR) is 129 cm³/mol. The van der Waals surface area contributed by atoms with Gasteiger partial charge in [0.25, 0.3) is 5.79 Å². The lowest BCUT2D eigenvalue weighted by atomic mass is 9.99. The van der Waals surface area contributed by atoms with Crippen LogP contribution < -0.4 is 4.74 Å². The number of rotatable bonds is 10. The average molecular weight is 477 g/mol. The molecule has 1 saturated heterocycles. The highest BCUT2D eigenvalue weighted by molar-refractivity contribution is 6.11. The SMILES string of the molecule is CC1(C(=O)O)OCC(Cc2ccc(OCCO/N=C(/c3ccccc3)c3ccccn3)cc2)CO1. The number of carboxylic acids is 1. The third kappa shape index (κ3) is 6.65. The van der Waals surface area contributed by atoms with E-state index in [1.807, 2.05) is 72.8 Å². The molecule has 0 aliphatic carbocycles. The first-order valence-electron chi connectivity index (χ1n) is 11.4. The van der Waals surface area contributed by atoms with Crippen molar-refractivity contribution in [3.63, 3.8) is 0 Å². The summed E-state index contributed by atoms with van der Waals surface area (Å²) in [6.45, 7) is 2.72. The quantitative estimate of drug-likeness (QED) is 0.269. The molecular weight excluding hydrogens is 448 g/mol. The number of hydrogen-bond acceptors (Lipinski definition) is 7. The van der Waals surface area contributed by atoms with Crippen LogP contribution in [0.2, 0.25) is 0 Å². The van der Waals surface area contributed by atoms with Crippen molar-refractivity contribution in [2.75, 3.05) is 26.4 Å². The number of aromatic nitrogens is 1. The maximum absolute atomic E-state index is 11.2. The van der Waals surface area contributed by atoms with Crippen LogP contribution >= 0.6 is 0 Å². The third-order valence-electron chi connectivity index (χ3n) is 5.58. The van der Waals surface area contributed by atoms with E-state index in [0.717, 1.165) is 29.0 Å². The molecule has 2 aromatic carbocycles. The van der Waals surface area contributed by atoms with Crippen LogP contribution in [0, 0.1) is 5.92 Å². The summed E-state index contributed by atoms with van der Waals surface area (Å²) in [5.41, 5.74) is 3.41. The molecule has 0 spiro atoms. The van der Waals surface area contributed by atoms with E-state index in [4.69, 9.17) is 24.2 Å². The molecule has 0 radical (unpaired) electrons. The lowest BCUT2D eigenvalue weighted by Crippen LogP contribution is -2.48. The van der Waals surface area contributed by atoms with E-state index in [2.05, 4.69) is 10.1 Å². The van der Waals surface area contributed by atoms with E-state index in [9.17, 15) is 4.79 Å². The Balaban J connectivity index is 1.24. The Bertz CT molecular complexity index is 1070. The highest BCUT2D eigenvalue weighted by Gasteiger charge is 2.40. The zero-order valence-corrected chi connectivity index (χ0v) is 19.5. The summed E-state index contributed by atoms with van der Waals surface area (Å²) in [6, 6.07) is 23.2. The summed E-state index contributed by atoms with van der Waals surface area (Å²) in [5, 5.41) is 13.5. The molecule has 35 heavy (non-hydrogen) atoms. The average Bonchev–Trinajstić information content (AvgIpc) is 2.89. The highest BCUT2D eigenvalue weighted by Crippen LogP contribution is 2.24. The second kappa shape index (κ2) is 11.6. The number of benzene rings is 2. The van der Waals surface area contributed by atoms with Crippen molar-refractivity contribution in [1.82, 2.24) is 4.98 Å². The van der Waals surface area contributed by atoms with E-state index >= 15 is 0 Å². The second-order valence-electron chi connectivity index (χ2n) is 8.29. The van der Waals surface area contributed by atoms with Gasteiger partial charge in [0, 0.05) is 24.6 Å². The summed E-state index contributed by atoms with van der Waals surface area (Å²) in [4.78, 5) is 21.1. The summed E-state index contributed by atoms with van der Waals surface area (Å²) in [5.74, 6) is -1.85. The molecule has 1 aliphatic heterocycles. The fraction of sp³-hybridized carbons (Fsp3) is 0.296. The first-order chi connectivity index (χ1) is 17.0. The molecule has 182 valence electrons. The molecule has 3 aromatic rings. The van der Waals surface area contributed by atoms with Crippen molar-refractivity contribution >= 4 is 11.7 Å². The molecule has 0 bridgehead atoms. The molecule has 0 amide bonds. The van der Waals surface area contributed by atoms with Crippen molar-refractivity contribution in [1.29, 1.82) is 0 Å². The number of aliphatic carboxylic acids is 1. The van der Waals surface area contributed by atoms with E-state index in [-0.39, 0.29) is 12.5 Å². The van der Waals surface area contributed by atoms with E-state index in [1.165, 1.54) is 6.92 Å². The first-order valence-corrected chi connectivity index (χ1v) is 11.4. The van der Waals surface area contributed by atoms with Gasteiger partial charge >= 0.3 is 5.97 Å². The molecule has 1 aromatic heterocycles. The molecule has 4 rings (SSSR count). The van der Waals surface area contributed by atoms with Gasteiger partial charge in [0.15, 0.2) is 6.61 Å². The number of pyridine rings is 1. The highest BCUT2D eigenvalue weighted by atomic mass is 16.7. The standard InChI is InChI=1S/C27H28N2O6/c1-27(26(30)31)33-18-21(19-34-27)17-20-10-12-23(13-11-20)32-15-16-35-29-25(22-7-3-2-4-8-22)24-9-5-6-14-28-24/h2-14,21H,15-19H2,1H3,(H,30,31)/b29-25-. The van der Waals surface area contributed by atoms with Crippen molar-refractivity contribution in [2.45, 2.75) is 19.1 Å². The fourth-order valence-corrected chi connectivity index (χ4v) is 3.59. The second-order valence-corrected chi connectivity index (χ2v) is 8.29. The third-order valence-corrected chi connectivity index (χ3v) is 5.58.